The van der Waals surface area contributed by atoms with Gasteiger partial charge >= 0.3 is 0 Å². The van der Waals surface area contributed by atoms with Gasteiger partial charge in [0.05, 0.1) is 6.26 Å². The first-order valence-corrected chi connectivity index (χ1v) is 11.2. The van der Waals surface area contributed by atoms with Crippen LogP contribution in [-0.2, 0) is 21.2 Å². The molecule has 0 saturated carbocycles. The lowest BCUT2D eigenvalue weighted by Gasteiger charge is -2.24. The summed E-state index contributed by atoms with van der Waals surface area (Å²) in [5.74, 6) is -0.241. The second kappa shape index (κ2) is 9.88. The molecule has 0 spiro atoms. The van der Waals surface area contributed by atoms with E-state index < -0.39 is 16.1 Å². The van der Waals surface area contributed by atoms with Crippen LogP contribution in [0.15, 0.2) is 24.3 Å². The number of halogens is 1. The molecule has 2 rings (SSSR count). The number of benzene rings is 1. The van der Waals surface area contributed by atoms with Crippen molar-refractivity contribution in [2.45, 2.75) is 45.7 Å². The van der Waals surface area contributed by atoms with Gasteiger partial charge in [-0.25, -0.2) is 17.5 Å². The van der Waals surface area contributed by atoms with E-state index in [1.807, 2.05) is 0 Å². The van der Waals surface area contributed by atoms with Crippen LogP contribution in [0.5, 0.6) is 0 Å². The first kappa shape index (κ1) is 22.9. The van der Waals surface area contributed by atoms with Crippen LogP contribution in [-0.4, -0.2) is 64.2 Å². The zero-order valence-electron chi connectivity index (χ0n) is 17.0. The number of hydrogen-bond donors (Lipinski definition) is 1. The van der Waals surface area contributed by atoms with Crippen LogP contribution in [0.25, 0.3) is 0 Å². The van der Waals surface area contributed by atoms with Gasteiger partial charge < -0.3 is 5.32 Å². The van der Waals surface area contributed by atoms with Gasteiger partial charge in [0.2, 0.25) is 15.9 Å². The van der Waals surface area contributed by atoms with Crippen molar-refractivity contribution in [3.63, 3.8) is 0 Å². The van der Waals surface area contributed by atoms with Crippen LogP contribution in [0.3, 0.4) is 0 Å². The molecule has 11 heteroatoms. The Kier molecular flexibility index (Phi) is 7.80. The Morgan fingerprint density at radius 3 is 2.62 bits per heavy atom. The van der Waals surface area contributed by atoms with Crippen molar-refractivity contribution in [2.24, 2.45) is 0 Å². The number of hydrogen-bond acceptors (Lipinski definition) is 6. The van der Waals surface area contributed by atoms with Crippen molar-refractivity contribution in [2.75, 3.05) is 19.3 Å². The van der Waals surface area contributed by atoms with E-state index in [0.717, 1.165) is 0 Å². The second-order valence-electron chi connectivity index (χ2n) is 7.13. The highest BCUT2D eigenvalue weighted by Crippen LogP contribution is 2.16. The van der Waals surface area contributed by atoms with Crippen molar-refractivity contribution in [1.82, 2.24) is 29.8 Å². The number of sulfonamides is 1. The van der Waals surface area contributed by atoms with E-state index in [1.54, 1.807) is 32.9 Å². The van der Waals surface area contributed by atoms with Crippen LogP contribution >= 0.6 is 0 Å². The average Bonchev–Trinajstić information content (AvgIpc) is 3.03. The predicted octanol–water partition coefficient (Wildman–Crippen LogP) is 1.08. The molecule has 29 heavy (non-hydrogen) atoms. The lowest BCUT2D eigenvalue weighted by molar-refractivity contribution is -0.124. The van der Waals surface area contributed by atoms with E-state index in [0.29, 0.717) is 30.9 Å². The van der Waals surface area contributed by atoms with Gasteiger partial charge in [-0.2, -0.15) is 4.31 Å². The van der Waals surface area contributed by atoms with Crippen molar-refractivity contribution < 1.29 is 17.6 Å². The average molecular weight is 427 g/mol. The van der Waals surface area contributed by atoms with Gasteiger partial charge in [0.25, 0.3) is 0 Å². The monoisotopic (exact) mass is 426 g/mol. The molecule has 0 bridgehead atoms. The highest BCUT2D eigenvalue weighted by Gasteiger charge is 2.25. The number of tetrazole rings is 1. The minimum atomic E-state index is -3.31. The zero-order chi connectivity index (χ0) is 21.6. The second-order valence-corrected chi connectivity index (χ2v) is 9.07. The summed E-state index contributed by atoms with van der Waals surface area (Å²) in [7, 11) is -3.31. The van der Waals surface area contributed by atoms with E-state index >= 15 is 0 Å². The molecule has 0 radical (unpaired) electrons. The molecular formula is C18H27FN6O3S. The number of carbonyl (C=O) groups is 1. The van der Waals surface area contributed by atoms with Crippen molar-refractivity contribution in [3.8, 4) is 0 Å². The Hall–Kier alpha value is -2.40. The van der Waals surface area contributed by atoms with Crippen LogP contribution < -0.4 is 5.32 Å². The molecule has 0 aliphatic heterocycles. The number of rotatable bonds is 10. The Bertz CT molecular complexity index is 931. The highest BCUT2D eigenvalue weighted by molar-refractivity contribution is 7.88. The largest absolute Gasteiger partial charge is 0.354 e. The van der Waals surface area contributed by atoms with Gasteiger partial charge in [0.1, 0.15) is 17.7 Å². The van der Waals surface area contributed by atoms with Crippen molar-refractivity contribution in [1.29, 1.82) is 0 Å². The summed E-state index contributed by atoms with van der Waals surface area (Å²) in [5.41, 5.74) is 0.642. The van der Waals surface area contributed by atoms with Crippen LogP contribution in [0.2, 0.25) is 0 Å². The maximum Gasteiger partial charge on any atom is 0.245 e. The van der Waals surface area contributed by atoms with Crippen molar-refractivity contribution in [3.05, 3.63) is 41.5 Å². The number of nitrogens with zero attached hydrogens (tertiary/aromatic N) is 5. The van der Waals surface area contributed by atoms with Gasteiger partial charge in [0.15, 0.2) is 0 Å². The third-order valence-corrected chi connectivity index (χ3v) is 5.89. The zero-order valence-corrected chi connectivity index (χ0v) is 17.9. The van der Waals surface area contributed by atoms with Gasteiger partial charge in [-0.1, -0.05) is 12.1 Å². The summed E-state index contributed by atoms with van der Waals surface area (Å²) in [6.07, 6.45) is 1.84. The third-order valence-electron chi connectivity index (χ3n) is 4.43. The van der Waals surface area contributed by atoms with Gasteiger partial charge in [-0.3, -0.25) is 4.79 Å². The quantitative estimate of drug-likeness (QED) is 0.569. The van der Waals surface area contributed by atoms with E-state index in [4.69, 9.17) is 0 Å². The maximum absolute atomic E-state index is 13.5. The molecule has 0 aliphatic carbocycles. The molecular weight excluding hydrogens is 399 g/mol. The highest BCUT2D eigenvalue weighted by atomic mass is 32.2. The standard InChI is InChI=1S/C18H27FN6O3S/c1-13(2)24(29(4,27)28)10-6-9-20-18(26)17(25-14(3)21-22-23-25)12-15-7-5-8-16(19)11-15/h5,7-8,11,13,17H,6,9-10,12H2,1-4H3,(H,20,26)/t17-/m1/s1. The number of aryl methyl sites for hydroxylation is 1. The van der Waals surface area contributed by atoms with Gasteiger partial charge in [0, 0.05) is 25.6 Å². The lowest BCUT2D eigenvalue weighted by Crippen LogP contribution is -2.39. The smallest absolute Gasteiger partial charge is 0.245 e. The Labute approximate surface area is 170 Å². The fourth-order valence-electron chi connectivity index (χ4n) is 3.07. The topological polar surface area (TPSA) is 110 Å². The normalized spacial score (nSPS) is 13.1. The van der Waals surface area contributed by atoms with Crippen LogP contribution in [0, 0.1) is 12.7 Å². The number of nitrogens with one attached hydrogen (secondary N) is 1. The number of aromatic nitrogens is 4. The molecule has 1 N–H and O–H groups in total. The molecule has 2 aromatic rings. The molecule has 1 atom stereocenters. The fourth-order valence-corrected chi connectivity index (χ4v) is 4.30. The molecule has 1 heterocycles. The molecule has 9 nitrogen and oxygen atoms in total. The molecule has 0 aliphatic rings. The Morgan fingerprint density at radius 1 is 1.34 bits per heavy atom. The first-order valence-electron chi connectivity index (χ1n) is 9.33. The van der Waals surface area contributed by atoms with Crippen LogP contribution in [0.1, 0.15) is 37.7 Å². The molecule has 0 saturated heterocycles. The van der Waals surface area contributed by atoms with Crippen molar-refractivity contribution >= 4 is 15.9 Å². The Balaban J connectivity index is 2.04. The summed E-state index contributed by atoms with van der Waals surface area (Å²) in [6, 6.07) is 5.11. The Morgan fingerprint density at radius 2 is 2.07 bits per heavy atom. The summed E-state index contributed by atoms with van der Waals surface area (Å²) >= 11 is 0. The summed E-state index contributed by atoms with van der Waals surface area (Å²) in [6.45, 7) is 5.87. The fraction of sp³-hybridized carbons (Fsp3) is 0.556. The molecule has 0 unspecified atom stereocenters. The molecule has 0 fully saturated rings. The van der Waals surface area contributed by atoms with Crippen LogP contribution in [0.4, 0.5) is 4.39 Å². The van der Waals surface area contributed by atoms with E-state index in [-0.39, 0.29) is 24.2 Å². The van der Waals surface area contributed by atoms with Gasteiger partial charge in [-0.15, -0.1) is 5.10 Å². The molecule has 160 valence electrons. The van der Waals surface area contributed by atoms with E-state index in [2.05, 4.69) is 20.8 Å². The van der Waals surface area contributed by atoms with E-state index in [1.165, 1.54) is 27.4 Å². The molecule has 1 amide bonds. The third kappa shape index (κ3) is 6.57. The predicted molar refractivity (Wildman–Crippen MR) is 106 cm³/mol. The molecule has 1 aromatic heterocycles. The number of carbonyl (C=O) groups excluding carboxylic acids is 1. The minimum absolute atomic E-state index is 0.162. The summed E-state index contributed by atoms with van der Waals surface area (Å²) in [4.78, 5) is 12.8. The maximum atomic E-state index is 13.5. The number of amides is 1. The van der Waals surface area contributed by atoms with E-state index in [9.17, 15) is 17.6 Å². The SMILES string of the molecule is Cc1nnnn1[C@H](Cc1cccc(F)c1)C(=O)NCCCN(C(C)C)S(C)(=O)=O. The summed E-state index contributed by atoms with van der Waals surface area (Å²) < 4.78 is 39.9. The lowest BCUT2D eigenvalue weighted by atomic mass is 10.0. The first-order chi connectivity index (χ1) is 13.6. The minimum Gasteiger partial charge on any atom is -0.354 e. The summed E-state index contributed by atoms with van der Waals surface area (Å²) in [5, 5.41) is 14.1. The molecule has 1 aromatic carbocycles. The van der Waals surface area contributed by atoms with Gasteiger partial charge in [-0.05, 0) is 55.3 Å².